The van der Waals surface area contributed by atoms with Gasteiger partial charge in [-0.25, -0.2) is 0 Å². The maximum absolute atomic E-state index is 6.52. The van der Waals surface area contributed by atoms with Gasteiger partial charge in [0.2, 0.25) is 0 Å². The van der Waals surface area contributed by atoms with E-state index in [2.05, 4.69) is 115 Å². The van der Waals surface area contributed by atoms with Crippen molar-refractivity contribution in [2.24, 2.45) is 5.73 Å². The minimum atomic E-state index is 0.0939. The molecule has 0 unspecified atom stereocenters. The van der Waals surface area contributed by atoms with Crippen molar-refractivity contribution >= 4 is 0 Å². The van der Waals surface area contributed by atoms with Crippen LogP contribution < -0.4 is 5.73 Å². The number of rotatable bonds is 8. The molecule has 1 atom stereocenters. The van der Waals surface area contributed by atoms with Gasteiger partial charge in [0.15, 0.2) is 0 Å². The lowest BCUT2D eigenvalue weighted by Crippen LogP contribution is -2.36. The largest absolute Gasteiger partial charge is 0.326 e. The molecule has 0 bridgehead atoms. The molecule has 0 spiro atoms. The molecule has 4 aromatic rings. The van der Waals surface area contributed by atoms with Gasteiger partial charge in [0, 0.05) is 19.1 Å². The number of hydrogen-bond acceptors (Lipinski definition) is 2. The maximum atomic E-state index is 6.52. The average Bonchev–Trinajstić information content (AvgIpc) is 2.81. The van der Waals surface area contributed by atoms with Gasteiger partial charge in [0.1, 0.15) is 0 Å². The summed E-state index contributed by atoms with van der Waals surface area (Å²) >= 11 is 0. The third-order valence-corrected chi connectivity index (χ3v) is 5.66. The standard InChI is InChI=1S/C29H30N2/c1-31(21-26(30)20-23-12-5-2-6-13-23)22-29-27(24-14-7-3-8-15-24)18-11-19-28(29)25-16-9-4-10-17-25/h2-19,26H,20-22,30H2,1H3/t26-/m0/s1. The molecule has 2 N–H and O–H groups in total. The van der Waals surface area contributed by atoms with E-state index in [0.29, 0.717) is 0 Å². The zero-order chi connectivity index (χ0) is 21.5. The molecule has 2 heteroatoms. The summed E-state index contributed by atoms with van der Waals surface area (Å²) < 4.78 is 0. The summed E-state index contributed by atoms with van der Waals surface area (Å²) in [4.78, 5) is 2.35. The Morgan fingerprint density at radius 1 is 0.645 bits per heavy atom. The molecule has 0 amide bonds. The highest BCUT2D eigenvalue weighted by atomic mass is 15.1. The number of hydrogen-bond donors (Lipinski definition) is 1. The van der Waals surface area contributed by atoms with Crippen molar-refractivity contribution in [2.45, 2.75) is 19.0 Å². The summed E-state index contributed by atoms with van der Waals surface area (Å²) in [6.45, 7) is 1.68. The molecule has 0 saturated heterocycles. The lowest BCUT2D eigenvalue weighted by molar-refractivity contribution is 0.303. The summed E-state index contributed by atoms with van der Waals surface area (Å²) in [6, 6.07) is 38.5. The van der Waals surface area contributed by atoms with Crippen molar-refractivity contribution < 1.29 is 0 Å². The van der Waals surface area contributed by atoms with Crippen LogP contribution in [0.1, 0.15) is 11.1 Å². The van der Waals surface area contributed by atoms with Gasteiger partial charge in [0.25, 0.3) is 0 Å². The molecule has 2 nitrogen and oxygen atoms in total. The highest BCUT2D eigenvalue weighted by Crippen LogP contribution is 2.33. The first-order valence-electron chi connectivity index (χ1n) is 10.9. The first-order chi connectivity index (χ1) is 15.2. The second-order valence-corrected chi connectivity index (χ2v) is 8.21. The van der Waals surface area contributed by atoms with Crippen LogP contribution in [0.4, 0.5) is 0 Å². The van der Waals surface area contributed by atoms with Crippen molar-refractivity contribution in [3.63, 3.8) is 0 Å². The quantitative estimate of drug-likeness (QED) is 0.387. The highest BCUT2D eigenvalue weighted by Gasteiger charge is 2.15. The van der Waals surface area contributed by atoms with Gasteiger partial charge in [0.05, 0.1) is 0 Å². The van der Waals surface area contributed by atoms with Crippen molar-refractivity contribution in [3.05, 3.63) is 120 Å². The third kappa shape index (κ3) is 5.49. The molecule has 0 heterocycles. The average molecular weight is 407 g/mol. The number of likely N-dealkylation sites (N-methyl/N-ethyl adjacent to an activating group) is 1. The normalized spacial score (nSPS) is 12.1. The first kappa shape index (κ1) is 21.0. The fourth-order valence-corrected chi connectivity index (χ4v) is 4.25. The summed E-state index contributed by atoms with van der Waals surface area (Å²) in [5, 5.41) is 0. The molecular formula is C29H30N2. The molecule has 0 fully saturated rings. The Morgan fingerprint density at radius 3 is 1.65 bits per heavy atom. The minimum Gasteiger partial charge on any atom is -0.326 e. The zero-order valence-corrected chi connectivity index (χ0v) is 18.1. The summed E-state index contributed by atoms with van der Waals surface area (Å²) in [6.07, 6.45) is 0.886. The van der Waals surface area contributed by atoms with Crippen LogP contribution in [0.2, 0.25) is 0 Å². The molecule has 0 saturated carbocycles. The summed E-state index contributed by atoms with van der Waals surface area (Å²) in [5.74, 6) is 0. The minimum absolute atomic E-state index is 0.0939. The van der Waals surface area contributed by atoms with Crippen LogP contribution in [0.25, 0.3) is 22.3 Å². The number of nitrogens with two attached hydrogens (primary N) is 1. The van der Waals surface area contributed by atoms with Crippen molar-refractivity contribution in [3.8, 4) is 22.3 Å². The van der Waals surface area contributed by atoms with E-state index in [0.717, 1.165) is 19.5 Å². The monoisotopic (exact) mass is 406 g/mol. The molecule has 0 radical (unpaired) electrons. The number of benzene rings is 4. The Kier molecular flexibility index (Phi) is 6.93. The first-order valence-corrected chi connectivity index (χ1v) is 10.9. The van der Waals surface area contributed by atoms with E-state index in [9.17, 15) is 0 Å². The van der Waals surface area contributed by atoms with Crippen LogP contribution in [0.3, 0.4) is 0 Å². The Bertz CT molecular complexity index is 1020. The Morgan fingerprint density at radius 2 is 1.13 bits per heavy atom. The molecule has 156 valence electrons. The fourth-order valence-electron chi connectivity index (χ4n) is 4.25. The van der Waals surface area contributed by atoms with Gasteiger partial charge in [-0.15, -0.1) is 0 Å². The molecule has 0 aliphatic rings. The van der Waals surface area contributed by atoms with Crippen molar-refractivity contribution in [1.82, 2.24) is 4.90 Å². The van der Waals surface area contributed by atoms with Crippen LogP contribution in [0.15, 0.2) is 109 Å². The molecule has 0 aliphatic carbocycles. The van der Waals surface area contributed by atoms with E-state index in [1.807, 2.05) is 6.07 Å². The summed E-state index contributed by atoms with van der Waals surface area (Å²) in [5.41, 5.74) is 14.2. The Hall–Kier alpha value is -3.20. The van der Waals surface area contributed by atoms with Gasteiger partial charge in [-0.1, -0.05) is 109 Å². The predicted molar refractivity (Wildman–Crippen MR) is 132 cm³/mol. The fraction of sp³-hybridized carbons (Fsp3) is 0.172. The lowest BCUT2D eigenvalue weighted by Gasteiger charge is -2.25. The Labute approximate surface area is 186 Å². The highest BCUT2D eigenvalue weighted by molar-refractivity contribution is 5.78. The smallest absolute Gasteiger partial charge is 0.0243 e. The second-order valence-electron chi connectivity index (χ2n) is 8.21. The Balaban J connectivity index is 1.61. The predicted octanol–water partition coefficient (Wildman–Crippen LogP) is 6.02. The zero-order valence-electron chi connectivity index (χ0n) is 18.1. The van der Waals surface area contributed by atoms with E-state index < -0.39 is 0 Å². The van der Waals surface area contributed by atoms with Gasteiger partial charge in [-0.2, -0.15) is 0 Å². The van der Waals surface area contributed by atoms with Gasteiger partial charge in [-0.05, 0) is 46.8 Å². The van der Waals surface area contributed by atoms with Crippen molar-refractivity contribution in [1.29, 1.82) is 0 Å². The lowest BCUT2D eigenvalue weighted by atomic mass is 9.91. The molecule has 0 aromatic heterocycles. The second kappa shape index (κ2) is 10.2. The SMILES string of the molecule is CN(Cc1c(-c2ccccc2)cccc1-c1ccccc1)C[C@@H](N)Cc1ccccc1. The van der Waals surface area contributed by atoms with Crippen LogP contribution in [-0.4, -0.2) is 24.5 Å². The molecule has 31 heavy (non-hydrogen) atoms. The van der Waals surface area contributed by atoms with Gasteiger partial charge < -0.3 is 10.6 Å². The van der Waals surface area contributed by atoms with Gasteiger partial charge >= 0.3 is 0 Å². The summed E-state index contributed by atoms with van der Waals surface area (Å²) in [7, 11) is 2.17. The maximum Gasteiger partial charge on any atom is 0.0243 e. The molecule has 4 rings (SSSR count). The topological polar surface area (TPSA) is 29.3 Å². The van der Waals surface area contributed by atoms with E-state index in [1.165, 1.54) is 33.4 Å². The van der Waals surface area contributed by atoms with Crippen molar-refractivity contribution in [2.75, 3.05) is 13.6 Å². The van der Waals surface area contributed by atoms with Crippen LogP contribution in [0, 0.1) is 0 Å². The molecular weight excluding hydrogens is 376 g/mol. The molecule has 0 aliphatic heterocycles. The van der Waals surface area contributed by atoms with E-state index in [1.54, 1.807) is 0 Å². The molecule has 4 aromatic carbocycles. The van der Waals surface area contributed by atoms with Crippen LogP contribution in [0.5, 0.6) is 0 Å². The number of nitrogens with zero attached hydrogens (tertiary/aromatic N) is 1. The van der Waals surface area contributed by atoms with E-state index >= 15 is 0 Å². The van der Waals surface area contributed by atoms with Crippen LogP contribution >= 0.6 is 0 Å². The van der Waals surface area contributed by atoms with Crippen LogP contribution in [-0.2, 0) is 13.0 Å². The van der Waals surface area contributed by atoms with Gasteiger partial charge in [-0.3, -0.25) is 0 Å². The van der Waals surface area contributed by atoms with E-state index in [-0.39, 0.29) is 6.04 Å². The van der Waals surface area contributed by atoms with E-state index in [4.69, 9.17) is 5.73 Å². The third-order valence-electron chi connectivity index (χ3n) is 5.66.